The first-order valence-corrected chi connectivity index (χ1v) is 10.1. The monoisotopic (exact) mass is 407 g/mol. The van der Waals surface area contributed by atoms with Crippen molar-refractivity contribution in [2.75, 3.05) is 13.7 Å². The minimum atomic E-state index is -3.72. The lowest BCUT2D eigenvalue weighted by Crippen LogP contribution is -2.38. The highest BCUT2D eigenvalue weighted by Gasteiger charge is 2.18. The Morgan fingerprint density at radius 2 is 1.79 bits per heavy atom. The molecule has 3 rings (SSSR count). The molecule has 0 radical (unpaired) electrons. The van der Waals surface area contributed by atoms with E-state index in [1.54, 1.807) is 7.11 Å². The van der Waals surface area contributed by atoms with Crippen molar-refractivity contribution in [2.24, 2.45) is 14.1 Å². The Balaban J connectivity index is 1.75. The molecule has 0 aliphatic rings. The largest absolute Gasteiger partial charge is 0.497 e. The Bertz CT molecular complexity index is 1220. The van der Waals surface area contributed by atoms with Gasteiger partial charge in [0.25, 0.3) is 5.56 Å². The Morgan fingerprint density at radius 3 is 2.43 bits per heavy atom. The van der Waals surface area contributed by atoms with Crippen LogP contribution >= 0.6 is 0 Å². The van der Waals surface area contributed by atoms with E-state index in [9.17, 15) is 18.0 Å². The Labute approximate surface area is 161 Å². The number of aromatic nitrogens is 4. The minimum Gasteiger partial charge on any atom is -0.497 e. The molecule has 0 aliphatic heterocycles. The number of nitrogens with one attached hydrogen (secondary N) is 1. The van der Waals surface area contributed by atoms with E-state index >= 15 is 0 Å². The maximum Gasteiger partial charge on any atom is 0.332 e. The third-order valence-corrected chi connectivity index (χ3v) is 5.68. The molecule has 2 aromatic heterocycles. The number of sulfonamides is 1. The minimum absolute atomic E-state index is 0.0603. The maximum absolute atomic E-state index is 12.4. The predicted octanol–water partition coefficient (Wildman–Crippen LogP) is -0.438. The van der Waals surface area contributed by atoms with Gasteiger partial charge in [-0.2, -0.15) is 0 Å². The van der Waals surface area contributed by atoms with Gasteiger partial charge in [-0.3, -0.25) is 13.9 Å². The standard InChI is InChI=1S/C17H21N5O5S/c1-20-15-14(16(23)21(2)17(20)24)22(10-18-15)11-28(25,26)19-9-8-12-4-6-13(27-3)7-5-12/h4-7,10,19H,8-9,11H2,1-3H3. The van der Waals surface area contributed by atoms with Crippen LogP contribution in [0.25, 0.3) is 11.2 Å². The molecule has 0 atom stereocenters. The molecule has 1 N–H and O–H groups in total. The summed E-state index contributed by atoms with van der Waals surface area (Å²) in [7, 11) is 0.670. The first-order valence-electron chi connectivity index (χ1n) is 8.44. The second-order valence-corrected chi connectivity index (χ2v) is 8.10. The van der Waals surface area contributed by atoms with Crippen molar-refractivity contribution in [1.29, 1.82) is 0 Å². The summed E-state index contributed by atoms with van der Waals surface area (Å²) in [6.07, 6.45) is 1.75. The third kappa shape index (κ3) is 3.85. The molecule has 0 saturated heterocycles. The van der Waals surface area contributed by atoms with Gasteiger partial charge in [0.1, 0.15) is 11.6 Å². The van der Waals surface area contributed by atoms with Crippen molar-refractivity contribution >= 4 is 21.2 Å². The number of ether oxygens (including phenoxy) is 1. The number of methoxy groups -OCH3 is 1. The maximum atomic E-state index is 12.4. The second kappa shape index (κ2) is 7.60. The van der Waals surface area contributed by atoms with E-state index in [-0.39, 0.29) is 17.7 Å². The Morgan fingerprint density at radius 1 is 1.11 bits per heavy atom. The van der Waals surface area contributed by atoms with Crippen molar-refractivity contribution < 1.29 is 13.2 Å². The van der Waals surface area contributed by atoms with Crippen molar-refractivity contribution in [2.45, 2.75) is 12.3 Å². The number of hydrogen-bond donors (Lipinski definition) is 1. The molecule has 3 aromatic rings. The molecule has 0 aliphatic carbocycles. The molecule has 0 unspecified atom stereocenters. The molecule has 0 amide bonds. The van der Waals surface area contributed by atoms with Crippen LogP contribution in [0.3, 0.4) is 0 Å². The van der Waals surface area contributed by atoms with Gasteiger partial charge < -0.3 is 9.30 Å². The van der Waals surface area contributed by atoms with Crippen molar-refractivity contribution in [1.82, 2.24) is 23.4 Å². The summed E-state index contributed by atoms with van der Waals surface area (Å²) in [6, 6.07) is 7.34. The van der Waals surface area contributed by atoms with Crippen molar-refractivity contribution in [3.05, 3.63) is 57.0 Å². The zero-order chi connectivity index (χ0) is 20.5. The van der Waals surface area contributed by atoms with Crippen LogP contribution in [0.2, 0.25) is 0 Å². The van der Waals surface area contributed by atoms with Crippen LogP contribution in [-0.2, 0) is 36.4 Å². The zero-order valence-electron chi connectivity index (χ0n) is 15.7. The Kier molecular flexibility index (Phi) is 5.38. The topological polar surface area (TPSA) is 117 Å². The first kappa shape index (κ1) is 19.8. The summed E-state index contributed by atoms with van der Waals surface area (Å²) in [5.74, 6) is 0.256. The van der Waals surface area contributed by atoms with Gasteiger partial charge in [-0.25, -0.2) is 22.9 Å². The van der Waals surface area contributed by atoms with Crippen LogP contribution in [-0.4, -0.2) is 40.8 Å². The molecule has 1 aromatic carbocycles. The predicted molar refractivity (Wildman–Crippen MR) is 104 cm³/mol. The highest BCUT2D eigenvalue weighted by molar-refractivity contribution is 7.88. The first-order chi connectivity index (χ1) is 13.2. The number of aryl methyl sites for hydroxylation is 1. The van der Waals surface area contributed by atoms with Gasteiger partial charge in [-0.1, -0.05) is 12.1 Å². The van der Waals surface area contributed by atoms with E-state index in [0.717, 1.165) is 15.9 Å². The summed E-state index contributed by atoms with van der Waals surface area (Å²) in [5, 5.41) is 0. The summed E-state index contributed by atoms with van der Waals surface area (Å²) in [6.45, 7) is 0.206. The van der Waals surface area contributed by atoms with E-state index in [1.807, 2.05) is 24.3 Å². The van der Waals surface area contributed by atoms with E-state index in [1.165, 1.54) is 29.6 Å². The molecule has 0 spiro atoms. The van der Waals surface area contributed by atoms with E-state index in [4.69, 9.17) is 4.74 Å². The average molecular weight is 407 g/mol. The van der Waals surface area contributed by atoms with Crippen LogP contribution in [0, 0.1) is 0 Å². The van der Waals surface area contributed by atoms with Crippen molar-refractivity contribution in [3.63, 3.8) is 0 Å². The lowest BCUT2D eigenvalue weighted by molar-refractivity contribution is 0.414. The zero-order valence-corrected chi connectivity index (χ0v) is 16.6. The number of benzene rings is 1. The number of nitrogens with zero attached hydrogens (tertiary/aromatic N) is 4. The fraction of sp³-hybridized carbons (Fsp3) is 0.353. The molecule has 11 heteroatoms. The summed E-state index contributed by atoms with van der Waals surface area (Å²) in [5.41, 5.74) is 0.0411. The highest BCUT2D eigenvalue weighted by atomic mass is 32.2. The SMILES string of the molecule is COc1ccc(CCNS(=O)(=O)Cn2cnc3c2c(=O)n(C)c(=O)n3C)cc1. The number of imidazole rings is 1. The van der Waals surface area contributed by atoms with Gasteiger partial charge in [0.05, 0.1) is 13.4 Å². The van der Waals surface area contributed by atoms with Gasteiger partial charge in [0.15, 0.2) is 11.2 Å². The van der Waals surface area contributed by atoms with Crippen LogP contribution < -0.4 is 20.7 Å². The molecule has 28 heavy (non-hydrogen) atoms. The van der Waals surface area contributed by atoms with Gasteiger partial charge in [-0.15, -0.1) is 0 Å². The average Bonchev–Trinajstić information content (AvgIpc) is 3.08. The number of rotatable bonds is 7. The molecule has 10 nitrogen and oxygen atoms in total. The third-order valence-electron chi connectivity index (χ3n) is 4.42. The fourth-order valence-electron chi connectivity index (χ4n) is 2.87. The molecule has 0 fully saturated rings. The van der Waals surface area contributed by atoms with Gasteiger partial charge in [0, 0.05) is 20.6 Å². The lowest BCUT2D eigenvalue weighted by Gasteiger charge is -2.09. The molecular weight excluding hydrogens is 386 g/mol. The second-order valence-electron chi connectivity index (χ2n) is 6.33. The van der Waals surface area contributed by atoms with Crippen LogP contribution in [0.4, 0.5) is 0 Å². The van der Waals surface area contributed by atoms with E-state index in [0.29, 0.717) is 6.42 Å². The molecular formula is C17H21N5O5S. The number of hydrogen-bond acceptors (Lipinski definition) is 6. The van der Waals surface area contributed by atoms with Gasteiger partial charge in [0.2, 0.25) is 10.0 Å². The normalized spacial score (nSPS) is 11.8. The molecule has 150 valence electrons. The molecule has 0 saturated carbocycles. The molecule has 2 heterocycles. The smallest absolute Gasteiger partial charge is 0.332 e. The van der Waals surface area contributed by atoms with Gasteiger partial charge >= 0.3 is 5.69 Å². The quantitative estimate of drug-likeness (QED) is 0.568. The highest BCUT2D eigenvalue weighted by Crippen LogP contribution is 2.11. The summed E-state index contributed by atoms with van der Waals surface area (Å²) < 4.78 is 35.8. The lowest BCUT2D eigenvalue weighted by atomic mass is 10.1. The molecule has 0 bridgehead atoms. The van der Waals surface area contributed by atoms with Crippen LogP contribution in [0.5, 0.6) is 5.75 Å². The summed E-state index contributed by atoms with van der Waals surface area (Å²) >= 11 is 0. The van der Waals surface area contributed by atoms with Crippen LogP contribution in [0.15, 0.2) is 40.2 Å². The van der Waals surface area contributed by atoms with Crippen molar-refractivity contribution in [3.8, 4) is 5.75 Å². The summed E-state index contributed by atoms with van der Waals surface area (Å²) in [4.78, 5) is 28.4. The van der Waals surface area contributed by atoms with E-state index < -0.39 is 27.1 Å². The fourth-order valence-corrected chi connectivity index (χ4v) is 3.93. The Hall–Kier alpha value is -2.92. The van der Waals surface area contributed by atoms with Crippen LogP contribution in [0.1, 0.15) is 5.56 Å². The number of fused-ring (bicyclic) bond motifs is 1. The van der Waals surface area contributed by atoms with Gasteiger partial charge in [-0.05, 0) is 24.1 Å². The van der Waals surface area contributed by atoms with E-state index in [2.05, 4.69) is 9.71 Å².